The molecule has 1 amide bonds. The molecule has 0 bridgehead atoms. The number of hydrogen-bond acceptors (Lipinski definition) is 4. The molecule has 1 aromatic heterocycles. The Hall–Kier alpha value is -3.54. The molecule has 1 atom stereocenters. The molecule has 0 fully saturated rings. The Morgan fingerprint density at radius 2 is 1.71 bits per heavy atom. The molecule has 3 aromatic rings. The third kappa shape index (κ3) is 3.36. The number of carbonyl (C=O) groups is 1. The molecule has 4 rings (SSSR count). The summed E-state index contributed by atoms with van der Waals surface area (Å²) in [6, 6.07) is 15.8. The van der Waals surface area contributed by atoms with Gasteiger partial charge in [-0.05, 0) is 29.7 Å². The lowest BCUT2D eigenvalue weighted by Crippen LogP contribution is -2.31. The quantitative estimate of drug-likeness (QED) is 0.691. The topological polar surface area (TPSA) is 78.6 Å². The second-order valence-corrected chi connectivity index (χ2v) is 6.77. The van der Waals surface area contributed by atoms with Gasteiger partial charge < -0.3 is 19.7 Å². The van der Waals surface area contributed by atoms with Crippen LogP contribution in [0.2, 0.25) is 0 Å². The molecule has 142 valence electrons. The lowest BCUT2D eigenvalue weighted by Gasteiger charge is -2.27. The number of aliphatic hydroxyl groups is 1. The Balaban J connectivity index is 1.66. The Kier molecular flexibility index (Phi) is 4.85. The van der Waals surface area contributed by atoms with E-state index >= 15 is 0 Å². The summed E-state index contributed by atoms with van der Waals surface area (Å²) in [5, 5.41) is 20.3. The van der Waals surface area contributed by atoms with Crippen molar-refractivity contribution in [2.24, 2.45) is 0 Å². The number of aromatic nitrogens is 2. The Morgan fingerprint density at radius 1 is 0.964 bits per heavy atom. The molecule has 1 aliphatic heterocycles. The number of aromatic hydroxyl groups is 1. The van der Waals surface area contributed by atoms with Gasteiger partial charge in [-0.25, -0.2) is 4.98 Å². The van der Waals surface area contributed by atoms with Crippen molar-refractivity contribution in [2.75, 3.05) is 6.54 Å². The van der Waals surface area contributed by atoms with Crippen molar-refractivity contribution in [3.8, 4) is 5.75 Å². The van der Waals surface area contributed by atoms with Gasteiger partial charge in [0, 0.05) is 31.1 Å². The number of imidazole rings is 1. The highest BCUT2D eigenvalue weighted by atomic mass is 16.3. The molecule has 0 radical (unpaired) electrons. The first-order valence-corrected chi connectivity index (χ1v) is 9.19. The largest absolute Gasteiger partial charge is 0.508 e. The highest BCUT2D eigenvalue weighted by molar-refractivity contribution is 6.05. The van der Waals surface area contributed by atoms with Gasteiger partial charge in [-0.15, -0.1) is 0 Å². The number of aliphatic hydroxyl groups excluding tert-OH is 1. The number of phenolic OH excluding ortho intramolecular Hbond substituents is 1. The third-order valence-electron chi connectivity index (χ3n) is 4.97. The average Bonchev–Trinajstić information content (AvgIpc) is 3.32. The minimum atomic E-state index is -0.404. The fraction of sp³-hybridized carbons (Fsp3) is 0.182. The van der Waals surface area contributed by atoms with Crippen LogP contribution in [0.15, 0.2) is 79.1 Å². The SMILES string of the molecule is O=C1C(O)=C(c2ccccc2)C(c2ccc(O)cc2)N1CCCn1ccnc1. The standard InChI is InChI=1S/C22H21N3O3/c26-18-9-7-17(8-10-18)20-19(16-5-2-1-3-6-16)21(27)22(28)25(20)13-4-12-24-14-11-23-15-24/h1-3,5-11,14-15,20,26-27H,4,12-13H2. The first kappa shape index (κ1) is 17.9. The molecule has 0 saturated carbocycles. The first-order valence-electron chi connectivity index (χ1n) is 9.19. The number of benzene rings is 2. The highest BCUT2D eigenvalue weighted by Crippen LogP contribution is 2.43. The molecule has 0 spiro atoms. The van der Waals surface area contributed by atoms with E-state index in [0.29, 0.717) is 12.1 Å². The van der Waals surface area contributed by atoms with Crippen molar-refractivity contribution < 1.29 is 15.0 Å². The van der Waals surface area contributed by atoms with Gasteiger partial charge in [0.15, 0.2) is 5.76 Å². The molecule has 1 unspecified atom stereocenters. The molecule has 2 aromatic carbocycles. The van der Waals surface area contributed by atoms with Gasteiger partial charge in [0.05, 0.1) is 12.4 Å². The molecule has 6 nitrogen and oxygen atoms in total. The lowest BCUT2D eigenvalue weighted by atomic mass is 9.93. The zero-order valence-corrected chi connectivity index (χ0v) is 15.3. The molecule has 0 aliphatic carbocycles. The summed E-state index contributed by atoms with van der Waals surface area (Å²) >= 11 is 0. The summed E-state index contributed by atoms with van der Waals surface area (Å²) in [6.45, 7) is 1.22. The number of nitrogens with zero attached hydrogens (tertiary/aromatic N) is 3. The van der Waals surface area contributed by atoms with E-state index in [-0.39, 0.29) is 17.4 Å². The van der Waals surface area contributed by atoms with Crippen LogP contribution in [0.1, 0.15) is 23.6 Å². The van der Waals surface area contributed by atoms with Gasteiger partial charge >= 0.3 is 0 Å². The van der Waals surface area contributed by atoms with Crippen molar-refractivity contribution in [1.29, 1.82) is 0 Å². The van der Waals surface area contributed by atoms with E-state index in [2.05, 4.69) is 4.98 Å². The van der Waals surface area contributed by atoms with Crippen LogP contribution in [-0.4, -0.2) is 37.1 Å². The predicted octanol–water partition coefficient (Wildman–Crippen LogP) is 3.53. The average molecular weight is 375 g/mol. The fourth-order valence-electron chi connectivity index (χ4n) is 3.64. The molecule has 1 aliphatic rings. The second kappa shape index (κ2) is 7.60. The Morgan fingerprint density at radius 3 is 2.39 bits per heavy atom. The van der Waals surface area contributed by atoms with Gasteiger partial charge in [0.2, 0.25) is 0 Å². The van der Waals surface area contributed by atoms with Crippen LogP contribution >= 0.6 is 0 Å². The van der Waals surface area contributed by atoms with Crippen molar-refractivity contribution >= 4 is 11.5 Å². The third-order valence-corrected chi connectivity index (χ3v) is 4.97. The monoisotopic (exact) mass is 375 g/mol. The van der Waals surface area contributed by atoms with E-state index in [9.17, 15) is 15.0 Å². The minimum absolute atomic E-state index is 0.161. The predicted molar refractivity (Wildman–Crippen MR) is 105 cm³/mol. The molecule has 28 heavy (non-hydrogen) atoms. The van der Waals surface area contributed by atoms with Crippen molar-refractivity contribution in [3.05, 3.63) is 90.2 Å². The van der Waals surface area contributed by atoms with Crippen molar-refractivity contribution in [3.63, 3.8) is 0 Å². The van der Waals surface area contributed by atoms with Crippen LogP contribution in [0, 0.1) is 0 Å². The van der Waals surface area contributed by atoms with Gasteiger partial charge in [-0.3, -0.25) is 4.79 Å². The van der Waals surface area contributed by atoms with Crippen LogP contribution in [0.4, 0.5) is 0 Å². The van der Waals surface area contributed by atoms with Gasteiger partial charge in [-0.2, -0.15) is 0 Å². The number of carbonyl (C=O) groups excluding carboxylic acids is 1. The Labute approximate surface area is 163 Å². The van der Waals surface area contributed by atoms with Gasteiger partial charge in [0.25, 0.3) is 5.91 Å². The summed E-state index contributed by atoms with van der Waals surface area (Å²) < 4.78 is 1.96. The van der Waals surface area contributed by atoms with Crippen LogP contribution in [0.3, 0.4) is 0 Å². The molecule has 0 saturated heterocycles. The van der Waals surface area contributed by atoms with E-state index in [1.807, 2.05) is 41.1 Å². The summed E-state index contributed by atoms with van der Waals surface area (Å²) in [7, 11) is 0. The zero-order chi connectivity index (χ0) is 19.5. The van der Waals surface area contributed by atoms with Crippen molar-refractivity contribution in [1.82, 2.24) is 14.5 Å². The number of amides is 1. The maximum atomic E-state index is 12.9. The fourth-order valence-corrected chi connectivity index (χ4v) is 3.64. The van der Waals surface area contributed by atoms with E-state index < -0.39 is 6.04 Å². The summed E-state index contributed by atoms with van der Waals surface area (Å²) in [5.41, 5.74) is 2.25. The Bertz CT molecular complexity index is 980. The van der Waals surface area contributed by atoms with E-state index in [1.165, 1.54) is 0 Å². The van der Waals surface area contributed by atoms with E-state index in [1.54, 1.807) is 41.7 Å². The van der Waals surface area contributed by atoms with Gasteiger partial charge in [0.1, 0.15) is 5.75 Å². The summed E-state index contributed by atoms with van der Waals surface area (Å²) in [5.74, 6) is -0.427. The smallest absolute Gasteiger partial charge is 0.289 e. The molecular weight excluding hydrogens is 354 g/mol. The lowest BCUT2D eigenvalue weighted by molar-refractivity contribution is -0.129. The number of hydrogen-bond donors (Lipinski definition) is 2. The first-order chi connectivity index (χ1) is 13.6. The van der Waals surface area contributed by atoms with E-state index in [0.717, 1.165) is 24.1 Å². The molecular formula is C22H21N3O3. The van der Waals surface area contributed by atoms with Crippen LogP contribution in [0.25, 0.3) is 5.57 Å². The van der Waals surface area contributed by atoms with E-state index in [4.69, 9.17) is 0 Å². The second-order valence-electron chi connectivity index (χ2n) is 6.77. The van der Waals surface area contributed by atoms with Crippen LogP contribution in [-0.2, 0) is 11.3 Å². The number of aryl methyl sites for hydroxylation is 1. The minimum Gasteiger partial charge on any atom is -0.508 e. The molecule has 2 heterocycles. The maximum absolute atomic E-state index is 12.9. The number of phenols is 1. The summed E-state index contributed by atoms with van der Waals surface area (Å²) in [6.07, 6.45) is 6.08. The van der Waals surface area contributed by atoms with Crippen LogP contribution in [0.5, 0.6) is 5.75 Å². The van der Waals surface area contributed by atoms with Gasteiger partial charge in [-0.1, -0.05) is 42.5 Å². The van der Waals surface area contributed by atoms with Crippen molar-refractivity contribution in [2.45, 2.75) is 19.0 Å². The zero-order valence-electron chi connectivity index (χ0n) is 15.3. The van der Waals surface area contributed by atoms with Crippen LogP contribution < -0.4 is 0 Å². The normalized spacial score (nSPS) is 16.8. The molecule has 6 heteroatoms. The highest BCUT2D eigenvalue weighted by Gasteiger charge is 2.40. The maximum Gasteiger partial charge on any atom is 0.289 e. The summed E-state index contributed by atoms with van der Waals surface area (Å²) in [4.78, 5) is 18.6. The number of rotatable bonds is 6. The molecule has 2 N–H and O–H groups in total.